The number of piperidine rings is 1. The summed E-state index contributed by atoms with van der Waals surface area (Å²) in [7, 11) is 0. The minimum Gasteiger partial charge on any atom is -0.338 e. The van der Waals surface area contributed by atoms with Crippen LogP contribution in [0.4, 0.5) is 0 Å². The number of carbonyl (C=O) groups excluding carboxylic acids is 1. The lowest BCUT2D eigenvalue weighted by Gasteiger charge is -2.29. The van der Waals surface area contributed by atoms with Gasteiger partial charge in [0, 0.05) is 19.1 Å². The van der Waals surface area contributed by atoms with Gasteiger partial charge in [0.15, 0.2) is 0 Å². The number of nitrogens with zero attached hydrogens (tertiary/aromatic N) is 3. The fraction of sp³-hybridized carbons (Fsp3) is 0.625. The van der Waals surface area contributed by atoms with Gasteiger partial charge in [-0.15, -0.1) is 5.10 Å². The van der Waals surface area contributed by atoms with Crippen LogP contribution >= 0.6 is 11.5 Å². The standard InChI is InChI=1S/C8H12N4OS/c9-6-1-3-12(4-2-6)8(13)7-5-10-11-14-7/h5-6H,1-4,9H2. The monoisotopic (exact) mass is 212 g/mol. The number of hydrogen-bond donors (Lipinski definition) is 1. The number of nitrogens with two attached hydrogens (primary N) is 1. The summed E-state index contributed by atoms with van der Waals surface area (Å²) in [6.45, 7) is 1.50. The summed E-state index contributed by atoms with van der Waals surface area (Å²) in [4.78, 5) is 14.2. The van der Waals surface area contributed by atoms with Gasteiger partial charge in [-0.3, -0.25) is 4.79 Å². The van der Waals surface area contributed by atoms with Crippen LogP contribution in [0.5, 0.6) is 0 Å². The Morgan fingerprint density at radius 1 is 1.57 bits per heavy atom. The molecule has 1 aromatic heterocycles. The Labute approximate surface area is 86.1 Å². The summed E-state index contributed by atoms with van der Waals surface area (Å²) in [6.07, 6.45) is 3.29. The van der Waals surface area contributed by atoms with E-state index in [1.807, 2.05) is 4.90 Å². The maximum absolute atomic E-state index is 11.8. The third-order valence-electron chi connectivity index (χ3n) is 2.40. The molecule has 1 aliphatic heterocycles. The van der Waals surface area contributed by atoms with Crippen LogP contribution in [0.25, 0.3) is 0 Å². The number of amides is 1. The summed E-state index contributed by atoms with van der Waals surface area (Å²) in [5.74, 6) is 0.0342. The van der Waals surface area contributed by atoms with Crippen molar-refractivity contribution in [2.45, 2.75) is 18.9 Å². The van der Waals surface area contributed by atoms with Crippen LogP contribution < -0.4 is 5.73 Å². The molecule has 5 nitrogen and oxygen atoms in total. The number of hydrogen-bond acceptors (Lipinski definition) is 5. The second kappa shape index (κ2) is 4.02. The van der Waals surface area contributed by atoms with Gasteiger partial charge in [-0.05, 0) is 24.4 Å². The SMILES string of the molecule is NC1CCN(C(=O)c2cnns2)CC1. The Balaban J connectivity index is 1.99. The van der Waals surface area contributed by atoms with E-state index < -0.39 is 0 Å². The normalized spacial score (nSPS) is 18.5. The average molecular weight is 212 g/mol. The van der Waals surface area contributed by atoms with E-state index in [0.717, 1.165) is 37.5 Å². The first-order valence-electron chi connectivity index (χ1n) is 4.59. The molecule has 0 unspecified atom stereocenters. The van der Waals surface area contributed by atoms with Crippen LogP contribution in [0.3, 0.4) is 0 Å². The molecule has 0 saturated carbocycles. The predicted molar refractivity (Wildman–Crippen MR) is 53.0 cm³/mol. The van der Waals surface area contributed by atoms with Crippen molar-refractivity contribution in [3.8, 4) is 0 Å². The van der Waals surface area contributed by atoms with E-state index in [0.29, 0.717) is 4.88 Å². The van der Waals surface area contributed by atoms with Gasteiger partial charge in [-0.25, -0.2) is 0 Å². The molecule has 14 heavy (non-hydrogen) atoms. The van der Waals surface area contributed by atoms with Crippen LogP contribution in [0.15, 0.2) is 6.20 Å². The highest BCUT2D eigenvalue weighted by atomic mass is 32.1. The van der Waals surface area contributed by atoms with E-state index in [-0.39, 0.29) is 11.9 Å². The first-order valence-corrected chi connectivity index (χ1v) is 5.37. The zero-order valence-corrected chi connectivity index (χ0v) is 8.54. The highest BCUT2D eigenvalue weighted by molar-refractivity contribution is 7.07. The molecule has 1 aliphatic rings. The van der Waals surface area contributed by atoms with Crippen LogP contribution in [0.2, 0.25) is 0 Å². The van der Waals surface area contributed by atoms with Crippen molar-refractivity contribution in [2.24, 2.45) is 5.73 Å². The second-order valence-corrected chi connectivity index (χ2v) is 4.20. The molecule has 0 bridgehead atoms. The minimum absolute atomic E-state index is 0.0342. The number of aromatic nitrogens is 2. The summed E-state index contributed by atoms with van der Waals surface area (Å²) in [5, 5.41) is 3.65. The average Bonchev–Trinajstić information content (AvgIpc) is 2.71. The lowest BCUT2D eigenvalue weighted by atomic mass is 10.1. The fourth-order valence-corrected chi connectivity index (χ4v) is 2.00. The molecule has 6 heteroatoms. The molecule has 1 amide bonds. The Morgan fingerprint density at radius 2 is 2.29 bits per heavy atom. The van der Waals surface area contributed by atoms with Crippen molar-refractivity contribution in [3.05, 3.63) is 11.1 Å². The molecule has 2 heterocycles. The Bertz CT molecular complexity index is 305. The van der Waals surface area contributed by atoms with Gasteiger partial charge in [0.1, 0.15) is 4.88 Å². The summed E-state index contributed by atoms with van der Waals surface area (Å²) in [6, 6.07) is 0.249. The number of likely N-dealkylation sites (tertiary alicyclic amines) is 1. The van der Waals surface area contributed by atoms with E-state index >= 15 is 0 Å². The minimum atomic E-state index is 0.0342. The predicted octanol–water partition coefficient (Wildman–Crippen LogP) is 0.101. The van der Waals surface area contributed by atoms with Gasteiger partial charge in [0.25, 0.3) is 5.91 Å². The molecular formula is C8H12N4OS. The first kappa shape index (κ1) is 9.54. The molecule has 0 aliphatic carbocycles. The number of carbonyl (C=O) groups is 1. The molecule has 1 aromatic rings. The molecular weight excluding hydrogens is 200 g/mol. The van der Waals surface area contributed by atoms with Crippen molar-refractivity contribution in [2.75, 3.05) is 13.1 Å². The van der Waals surface area contributed by atoms with Gasteiger partial charge in [0.2, 0.25) is 0 Å². The third kappa shape index (κ3) is 1.91. The molecule has 0 spiro atoms. The quantitative estimate of drug-likeness (QED) is 0.716. The van der Waals surface area contributed by atoms with Crippen molar-refractivity contribution < 1.29 is 4.79 Å². The zero-order valence-electron chi connectivity index (χ0n) is 7.72. The van der Waals surface area contributed by atoms with Crippen molar-refractivity contribution in [3.63, 3.8) is 0 Å². The lowest BCUT2D eigenvalue weighted by molar-refractivity contribution is 0.0719. The maximum Gasteiger partial charge on any atom is 0.267 e. The summed E-state index contributed by atoms with van der Waals surface area (Å²) in [5.41, 5.74) is 5.76. The van der Waals surface area contributed by atoms with Gasteiger partial charge in [0.05, 0.1) is 6.20 Å². The lowest BCUT2D eigenvalue weighted by Crippen LogP contribution is -2.42. The molecule has 2 rings (SSSR count). The maximum atomic E-state index is 11.8. The fourth-order valence-electron chi connectivity index (χ4n) is 1.52. The Kier molecular flexibility index (Phi) is 2.74. The van der Waals surface area contributed by atoms with Gasteiger partial charge in [-0.1, -0.05) is 4.49 Å². The molecule has 0 radical (unpaired) electrons. The molecule has 1 saturated heterocycles. The number of rotatable bonds is 1. The summed E-state index contributed by atoms with van der Waals surface area (Å²) >= 11 is 1.14. The van der Waals surface area contributed by atoms with E-state index in [9.17, 15) is 4.79 Å². The highest BCUT2D eigenvalue weighted by Crippen LogP contribution is 2.13. The topological polar surface area (TPSA) is 72.1 Å². The van der Waals surface area contributed by atoms with E-state index in [1.54, 1.807) is 0 Å². The summed E-state index contributed by atoms with van der Waals surface area (Å²) < 4.78 is 3.67. The van der Waals surface area contributed by atoms with Crippen molar-refractivity contribution in [1.82, 2.24) is 14.5 Å². The first-order chi connectivity index (χ1) is 6.77. The molecule has 0 aromatic carbocycles. The van der Waals surface area contributed by atoms with Crippen LogP contribution in [0.1, 0.15) is 22.5 Å². The largest absolute Gasteiger partial charge is 0.338 e. The van der Waals surface area contributed by atoms with E-state index in [4.69, 9.17) is 5.73 Å². The molecule has 76 valence electrons. The molecule has 2 N–H and O–H groups in total. The second-order valence-electron chi connectivity index (χ2n) is 3.41. The van der Waals surface area contributed by atoms with Gasteiger partial charge in [-0.2, -0.15) is 0 Å². The molecule has 0 atom stereocenters. The Hall–Kier alpha value is -1.01. The van der Waals surface area contributed by atoms with Crippen LogP contribution in [0, 0.1) is 0 Å². The van der Waals surface area contributed by atoms with Crippen LogP contribution in [-0.2, 0) is 0 Å². The van der Waals surface area contributed by atoms with Gasteiger partial charge < -0.3 is 10.6 Å². The van der Waals surface area contributed by atoms with Crippen LogP contribution in [-0.4, -0.2) is 39.5 Å². The highest BCUT2D eigenvalue weighted by Gasteiger charge is 2.22. The van der Waals surface area contributed by atoms with E-state index in [2.05, 4.69) is 9.59 Å². The van der Waals surface area contributed by atoms with Crippen molar-refractivity contribution >= 4 is 17.4 Å². The smallest absolute Gasteiger partial charge is 0.267 e. The van der Waals surface area contributed by atoms with Crippen molar-refractivity contribution in [1.29, 1.82) is 0 Å². The van der Waals surface area contributed by atoms with E-state index in [1.165, 1.54) is 6.20 Å². The van der Waals surface area contributed by atoms with Gasteiger partial charge >= 0.3 is 0 Å². The Morgan fingerprint density at radius 3 is 2.86 bits per heavy atom. The zero-order chi connectivity index (χ0) is 9.97. The third-order valence-corrected chi connectivity index (χ3v) is 3.05. The molecule has 1 fully saturated rings.